The zero-order chi connectivity index (χ0) is 23.1. The Kier molecular flexibility index (Phi) is 7.41. The standard InChI is InChI=1S/C25H24F3NO3/c1-31-22-13-7-18(8-14-22)17-29(16-15-19-5-3-4-6-23(19)32-2)24(30)20-9-11-21(12-10-20)25(26,27)28/h3-14H,15-17H2,1-2H3. The van der Waals surface area contributed by atoms with Gasteiger partial charge in [-0.1, -0.05) is 30.3 Å². The van der Waals surface area contributed by atoms with Crippen molar-refractivity contribution >= 4 is 5.91 Å². The average molecular weight is 443 g/mol. The van der Waals surface area contributed by atoms with Gasteiger partial charge in [-0.05, 0) is 60.0 Å². The number of ether oxygens (including phenoxy) is 2. The number of para-hydroxylation sites is 1. The lowest BCUT2D eigenvalue weighted by Gasteiger charge is -2.24. The number of hydrogen-bond acceptors (Lipinski definition) is 3. The van der Waals surface area contributed by atoms with E-state index in [0.717, 1.165) is 29.0 Å². The van der Waals surface area contributed by atoms with Gasteiger partial charge in [-0.2, -0.15) is 13.2 Å². The van der Waals surface area contributed by atoms with Gasteiger partial charge in [0.15, 0.2) is 0 Å². The average Bonchev–Trinajstić information content (AvgIpc) is 2.81. The molecule has 0 aliphatic rings. The van der Waals surface area contributed by atoms with Crippen molar-refractivity contribution in [3.8, 4) is 11.5 Å². The second-order valence-corrected chi connectivity index (χ2v) is 7.21. The molecule has 7 heteroatoms. The molecule has 0 radical (unpaired) electrons. The highest BCUT2D eigenvalue weighted by Crippen LogP contribution is 2.29. The molecule has 0 fully saturated rings. The summed E-state index contributed by atoms with van der Waals surface area (Å²) in [5.41, 5.74) is 1.23. The van der Waals surface area contributed by atoms with Gasteiger partial charge in [-0.3, -0.25) is 4.79 Å². The fourth-order valence-electron chi connectivity index (χ4n) is 3.35. The number of nitrogens with zero attached hydrogens (tertiary/aromatic N) is 1. The van der Waals surface area contributed by atoms with Crippen LogP contribution in [0.3, 0.4) is 0 Å². The summed E-state index contributed by atoms with van der Waals surface area (Å²) in [4.78, 5) is 14.8. The second kappa shape index (κ2) is 10.2. The molecule has 32 heavy (non-hydrogen) atoms. The molecule has 0 heterocycles. The Morgan fingerprint density at radius 2 is 1.53 bits per heavy atom. The van der Waals surface area contributed by atoms with Gasteiger partial charge in [0.25, 0.3) is 5.91 Å². The Morgan fingerprint density at radius 1 is 0.875 bits per heavy atom. The molecule has 4 nitrogen and oxygen atoms in total. The predicted octanol–water partition coefficient (Wildman–Crippen LogP) is 5.61. The summed E-state index contributed by atoms with van der Waals surface area (Å²) in [5, 5.41) is 0. The molecule has 0 saturated heterocycles. The van der Waals surface area contributed by atoms with Crippen LogP contribution in [0.25, 0.3) is 0 Å². The van der Waals surface area contributed by atoms with E-state index in [2.05, 4.69) is 0 Å². The highest BCUT2D eigenvalue weighted by molar-refractivity contribution is 5.94. The number of methoxy groups -OCH3 is 2. The number of halogens is 3. The smallest absolute Gasteiger partial charge is 0.416 e. The summed E-state index contributed by atoms with van der Waals surface area (Å²) >= 11 is 0. The molecule has 0 aliphatic carbocycles. The molecule has 0 spiro atoms. The Bertz CT molecular complexity index is 1030. The number of carbonyl (C=O) groups excluding carboxylic acids is 1. The van der Waals surface area contributed by atoms with Gasteiger partial charge in [-0.15, -0.1) is 0 Å². The molecule has 0 atom stereocenters. The molecule has 3 aromatic carbocycles. The predicted molar refractivity (Wildman–Crippen MR) is 116 cm³/mol. The molecule has 0 bridgehead atoms. The first-order valence-corrected chi connectivity index (χ1v) is 10.0. The normalized spacial score (nSPS) is 11.2. The molecule has 0 aromatic heterocycles. The third-order valence-corrected chi connectivity index (χ3v) is 5.12. The fraction of sp³-hybridized carbons (Fsp3) is 0.240. The Hall–Kier alpha value is -3.48. The van der Waals surface area contributed by atoms with Crippen LogP contribution in [-0.2, 0) is 19.1 Å². The van der Waals surface area contributed by atoms with Crippen molar-refractivity contribution < 1.29 is 27.4 Å². The lowest BCUT2D eigenvalue weighted by Crippen LogP contribution is -2.32. The Labute approximate surface area is 185 Å². The molecule has 168 valence electrons. The lowest BCUT2D eigenvalue weighted by molar-refractivity contribution is -0.137. The van der Waals surface area contributed by atoms with Crippen molar-refractivity contribution in [2.24, 2.45) is 0 Å². The summed E-state index contributed by atoms with van der Waals surface area (Å²) in [5.74, 6) is 1.08. The maximum Gasteiger partial charge on any atom is 0.416 e. The molecule has 0 aliphatic heterocycles. The van der Waals surface area contributed by atoms with E-state index >= 15 is 0 Å². The maximum absolute atomic E-state index is 13.2. The van der Waals surface area contributed by atoms with Crippen LogP contribution in [0.15, 0.2) is 72.8 Å². The first kappa shape index (κ1) is 23.2. The molecule has 3 rings (SSSR count). The van der Waals surface area contributed by atoms with Crippen molar-refractivity contribution in [1.82, 2.24) is 4.90 Å². The van der Waals surface area contributed by atoms with E-state index in [1.54, 1.807) is 31.3 Å². The molecule has 0 N–H and O–H groups in total. The number of carbonyl (C=O) groups is 1. The number of hydrogen-bond donors (Lipinski definition) is 0. The van der Waals surface area contributed by atoms with E-state index in [0.29, 0.717) is 25.3 Å². The van der Waals surface area contributed by atoms with Gasteiger partial charge >= 0.3 is 6.18 Å². The van der Waals surface area contributed by atoms with Crippen molar-refractivity contribution in [3.63, 3.8) is 0 Å². The molecule has 0 saturated carbocycles. The largest absolute Gasteiger partial charge is 0.497 e. The van der Waals surface area contributed by atoms with E-state index in [1.807, 2.05) is 36.4 Å². The summed E-state index contributed by atoms with van der Waals surface area (Å²) < 4.78 is 49.2. The van der Waals surface area contributed by atoms with Crippen molar-refractivity contribution in [1.29, 1.82) is 0 Å². The highest BCUT2D eigenvalue weighted by Gasteiger charge is 2.30. The zero-order valence-electron chi connectivity index (χ0n) is 17.9. The minimum atomic E-state index is -4.45. The van der Waals surface area contributed by atoms with Crippen molar-refractivity contribution in [2.75, 3.05) is 20.8 Å². The molecule has 3 aromatic rings. The molecule has 0 unspecified atom stereocenters. The summed E-state index contributed by atoms with van der Waals surface area (Å²) in [6, 6.07) is 19.1. The van der Waals surface area contributed by atoms with E-state index < -0.39 is 11.7 Å². The minimum Gasteiger partial charge on any atom is -0.497 e. The van der Waals surface area contributed by atoms with Crippen LogP contribution in [0.4, 0.5) is 13.2 Å². The van der Waals surface area contributed by atoms with Crippen LogP contribution in [0.1, 0.15) is 27.0 Å². The molecular formula is C25H24F3NO3. The first-order chi connectivity index (χ1) is 15.3. The van der Waals surface area contributed by atoms with Gasteiger partial charge in [-0.25, -0.2) is 0 Å². The lowest BCUT2D eigenvalue weighted by atomic mass is 10.1. The van der Waals surface area contributed by atoms with Crippen LogP contribution in [-0.4, -0.2) is 31.6 Å². The van der Waals surface area contributed by atoms with E-state index in [9.17, 15) is 18.0 Å². The Balaban J connectivity index is 1.83. The monoisotopic (exact) mass is 443 g/mol. The SMILES string of the molecule is COc1ccc(CN(CCc2ccccc2OC)C(=O)c2ccc(C(F)(F)F)cc2)cc1. The fourth-order valence-corrected chi connectivity index (χ4v) is 3.35. The van der Waals surface area contributed by atoms with Crippen LogP contribution < -0.4 is 9.47 Å². The van der Waals surface area contributed by atoms with Crippen molar-refractivity contribution in [2.45, 2.75) is 19.1 Å². The van der Waals surface area contributed by atoms with E-state index in [-0.39, 0.29) is 11.5 Å². The molecular weight excluding hydrogens is 419 g/mol. The van der Waals surface area contributed by atoms with Crippen molar-refractivity contribution in [3.05, 3.63) is 95.1 Å². The quantitative estimate of drug-likeness (QED) is 0.454. The van der Waals surface area contributed by atoms with Gasteiger partial charge < -0.3 is 14.4 Å². The first-order valence-electron chi connectivity index (χ1n) is 10.0. The topological polar surface area (TPSA) is 38.8 Å². The van der Waals surface area contributed by atoms with E-state index in [1.165, 1.54) is 12.1 Å². The molecule has 1 amide bonds. The number of alkyl halides is 3. The number of amides is 1. The minimum absolute atomic E-state index is 0.200. The summed E-state index contributed by atoms with van der Waals surface area (Å²) in [6.07, 6.45) is -3.92. The van der Waals surface area contributed by atoms with Gasteiger partial charge in [0.1, 0.15) is 11.5 Å². The van der Waals surface area contributed by atoms with Crippen LogP contribution in [0.5, 0.6) is 11.5 Å². The zero-order valence-corrected chi connectivity index (χ0v) is 17.9. The van der Waals surface area contributed by atoms with Crippen LogP contribution in [0.2, 0.25) is 0 Å². The number of rotatable bonds is 8. The number of benzene rings is 3. The van der Waals surface area contributed by atoms with Crippen LogP contribution in [0, 0.1) is 0 Å². The Morgan fingerprint density at radius 3 is 2.12 bits per heavy atom. The second-order valence-electron chi connectivity index (χ2n) is 7.21. The van der Waals surface area contributed by atoms with Crippen LogP contribution >= 0.6 is 0 Å². The highest BCUT2D eigenvalue weighted by atomic mass is 19.4. The summed E-state index contributed by atoms with van der Waals surface area (Å²) in [6.45, 7) is 0.672. The van der Waals surface area contributed by atoms with Gasteiger partial charge in [0, 0.05) is 18.7 Å². The summed E-state index contributed by atoms with van der Waals surface area (Å²) in [7, 11) is 3.16. The third kappa shape index (κ3) is 5.81. The van der Waals surface area contributed by atoms with E-state index in [4.69, 9.17) is 9.47 Å². The third-order valence-electron chi connectivity index (χ3n) is 5.12. The maximum atomic E-state index is 13.2. The van der Waals surface area contributed by atoms with Gasteiger partial charge in [0.05, 0.1) is 19.8 Å². The van der Waals surface area contributed by atoms with Gasteiger partial charge in [0.2, 0.25) is 0 Å².